The van der Waals surface area contributed by atoms with Crippen molar-refractivity contribution in [3.05, 3.63) is 58.9 Å². The summed E-state index contributed by atoms with van der Waals surface area (Å²) < 4.78 is 35.2. The Morgan fingerprint density at radius 2 is 1.82 bits per heavy atom. The van der Waals surface area contributed by atoms with E-state index in [1.807, 2.05) is 33.8 Å². The molecule has 1 aromatic carbocycles. The molecule has 186 valence electrons. The van der Waals surface area contributed by atoms with E-state index in [2.05, 4.69) is 15.2 Å². The number of pyridine rings is 1. The molecule has 0 spiro atoms. The maximum Gasteiger partial charge on any atom is 0.433 e. The number of anilines is 1. The van der Waals surface area contributed by atoms with E-state index in [0.717, 1.165) is 55.6 Å². The van der Waals surface area contributed by atoms with Crippen LogP contribution in [-0.4, -0.2) is 40.7 Å². The molecule has 0 saturated carbocycles. The average Bonchev–Trinajstić information content (AvgIpc) is 2.76. The van der Waals surface area contributed by atoms with E-state index in [0.29, 0.717) is 17.8 Å². The van der Waals surface area contributed by atoms with Crippen LogP contribution in [0.4, 0.5) is 18.9 Å². The van der Waals surface area contributed by atoms with Gasteiger partial charge in [0.25, 0.3) is 0 Å². The largest absolute Gasteiger partial charge is 0.433 e. The number of carbonyl (C=O) groups excluding carboxylic acids is 2. The highest BCUT2D eigenvalue weighted by Gasteiger charge is 2.31. The van der Waals surface area contributed by atoms with Gasteiger partial charge in [0.2, 0.25) is 5.91 Å². The topological polar surface area (TPSA) is 88.3 Å². The highest BCUT2D eigenvalue weighted by molar-refractivity contribution is 5.86. The molecule has 1 aliphatic heterocycles. The molecule has 34 heavy (non-hydrogen) atoms. The van der Waals surface area contributed by atoms with Gasteiger partial charge in [-0.2, -0.15) is 13.2 Å². The van der Waals surface area contributed by atoms with Crippen molar-refractivity contribution in [2.75, 3.05) is 18.8 Å². The lowest BCUT2D eigenvalue weighted by Gasteiger charge is -2.33. The lowest BCUT2D eigenvalue weighted by molar-refractivity contribution is -0.141. The van der Waals surface area contributed by atoms with E-state index in [1.165, 1.54) is 12.1 Å². The molecule has 1 amide bonds. The van der Waals surface area contributed by atoms with E-state index < -0.39 is 11.9 Å². The summed E-state index contributed by atoms with van der Waals surface area (Å²) in [6.07, 6.45) is -0.662. The van der Waals surface area contributed by atoms with Crippen molar-refractivity contribution >= 4 is 17.9 Å². The third kappa shape index (κ3) is 8.13. The molecule has 3 N–H and O–H groups in total. The molecule has 1 fully saturated rings. The van der Waals surface area contributed by atoms with Gasteiger partial charge < -0.3 is 11.1 Å². The van der Waals surface area contributed by atoms with Gasteiger partial charge in [-0.05, 0) is 83.0 Å². The van der Waals surface area contributed by atoms with Crippen LogP contribution in [0.1, 0.15) is 60.8 Å². The van der Waals surface area contributed by atoms with Crippen molar-refractivity contribution < 1.29 is 22.8 Å². The van der Waals surface area contributed by atoms with E-state index >= 15 is 0 Å². The van der Waals surface area contributed by atoms with Crippen LogP contribution >= 0.6 is 0 Å². The molecule has 0 bridgehead atoms. The molecule has 2 heterocycles. The van der Waals surface area contributed by atoms with Crippen molar-refractivity contribution in [2.45, 2.75) is 58.8 Å². The molecule has 2 aromatic rings. The summed E-state index contributed by atoms with van der Waals surface area (Å²) in [4.78, 5) is 29.1. The maximum absolute atomic E-state index is 12.3. The molecule has 1 aromatic heterocycles. The number of nitrogens with zero attached hydrogens (tertiary/aromatic N) is 2. The Balaban J connectivity index is 0.000000340. The molecule has 0 atom stereocenters. The van der Waals surface area contributed by atoms with Crippen LogP contribution in [0.3, 0.4) is 0 Å². The quantitative estimate of drug-likeness (QED) is 0.495. The van der Waals surface area contributed by atoms with E-state index in [1.54, 1.807) is 6.07 Å². The van der Waals surface area contributed by atoms with Crippen LogP contribution in [0.2, 0.25) is 0 Å². The predicted molar refractivity (Wildman–Crippen MR) is 126 cm³/mol. The summed E-state index contributed by atoms with van der Waals surface area (Å²) >= 11 is 0. The first-order valence-electron chi connectivity index (χ1n) is 11.2. The smallest absolute Gasteiger partial charge is 0.398 e. The Bertz CT molecular complexity index is 965. The first-order chi connectivity index (χ1) is 15.8. The summed E-state index contributed by atoms with van der Waals surface area (Å²) in [5.74, 6) is 0.226. The van der Waals surface area contributed by atoms with Crippen LogP contribution < -0.4 is 11.1 Å². The number of nitrogens with one attached hydrogen (secondary N) is 1. The zero-order valence-corrected chi connectivity index (χ0v) is 20.1. The van der Waals surface area contributed by atoms with Crippen molar-refractivity contribution in [2.24, 2.45) is 5.92 Å². The number of alkyl halides is 3. The van der Waals surface area contributed by atoms with Crippen molar-refractivity contribution in [1.29, 1.82) is 0 Å². The number of piperidine rings is 1. The molecule has 1 aliphatic rings. The molecular weight excluding hydrogens is 445 g/mol. The summed E-state index contributed by atoms with van der Waals surface area (Å²) in [7, 11) is 0. The molecule has 1 saturated heterocycles. The van der Waals surface area contributed by atoms with Crippen LogP contribution in [0.25, 0.3) is 0 Å². The number of aryl methyl sites for hydroxylation is 1. The highest BCUT2D eigenvalue weighted by atomic mass is 19.4. The summed E-state index contributed by atoms with van der Waals surface area (Å²) in [6, 6.07) is 7.41. The number of likely N-dealkylation sites (tertiary alicyclic amines) is 1. The second kappa shape index (κ2) is 11.5. The number of hydrogen-bond acceptors (Lipinski definition) is 5. The van der Waals surface area contributed by atoms with Gasteiger partial charge in [-0.25, -0.2) is 0 Å². The Hall–Kier alpha value is -2.94. The monoisotopic (exact) mass is 478 g/mol. The number of hydrogen-bond donors (Lipinski definition) is 2. The zero-order chi connectivity index (χ0) is 25.5. The number of nitrogens with two attached hydrogens (primary N) is 1. The van der Waals surface area contributed by atoms with Gasteiger partial charge >= 0.3 is 6.18 Å². The molecule has 0 unspecified atom stereocenters. The average molecular weight is 479 g/mol. The third-order valence-corrected chi connectivity index (χ3v) is 5.54. The molecule has 3 rings (SSSR count). The number of rotatable bonds is 4. The summed E-state index contributed by atoms with van der Waals surface area (Å²) in [6.45, 7) is 10.4. The number of carbonyl (C=O) groups is 2. The van der Waals surface area contributed by atoms with E-state index in [-0.39, 0.29) is 17.4 Å². The number of aromatic nitrogens is 1. The van der Waals surface area contributed by atoms with Gasteiger partial charge in [0.1, 0.15) is 5.69 Å². The van der Waals surface area contributed by atoms with Crippen molar-refractivity contribution in [3.63, 3.8) is 0 Å². The van der Waals surface area contributed by atoms with Crippen LogP contribution in [0.5, 0.6) is 0 Å². The second-order valence-corrected chi connectivity index (χ2v) is 9.48. The fourth-order valence-electron chi connectivity index (χ4n) is 3.72. The van der Waals surface area contributed by atoms with Crippen molar-refractivity contribution in [1.82, 2.24) is 15.2 Å². The minimum Gasteiger partial charge on any atom is -0.398 e. The second-order valence-electron chi connectivity index (χ2n) is 9.48. The standard InChI is InChI=1S/C19H29N3O2.C6H4F3N/c1-13-5-6-17(20)16(12-23)15(13)11-22-9-7-14(8-10-22)18(24)21-19(2,3)4;7-6(8,9)5-3-1-2-4-10-5/h5-6,12,14H,7-11,20H2,1-4H3,(H,21,24);1-4H. The molecule has 0 aliphatic carbocycles. The first-order valence-corrected chi connectivity index (χ1v) is 11.2. The van der Waals surface area contributed by atoms with Gasteiger partial charge in [0, 0.05) is 35.4 Å². The number of amides is 1. The fourth-order valence-corrected chi connectivity index (χ4v) is 3.72. The van der Waals surface area contributed by atoms with Gasteiger partial charge in [-0.1, -0.05) is 12.1 Å². The van der Waals surface area contributed by atoms with Crippen molar-refractivity contribution in [3.8, 4) is 0 Å². The van der Waals surface area contributed by atoms with Gasteiger partial charge in [-0.15, -0.1) is 0 Å². The molecule has 9 heteroatoms. The minimum absolute atomic E-state index is 0.0768. The Morgan fingerprint density at radius 1 is 1.18 bits per heavy atom. The fraction of sp³-hybridized carbons (Fsp3) is 0.480. The Morgan fingerprint density at radius 3 is 2.29 bits per heavy atom. The highest BCUT2D eigenvalue weighted by Crippen LogP contribution is 2.27. The van der Waals surface area contributed by atoms with E-state index in [9.17, 15) is 22.8 Å². The van der Waals surface area contributed by atoms with Crippen LogP contribution in [0.15, 0.2) is 36.5 Å². The molecular formula is C25H33F3N4O2. The van der Waals surface area contributed by atoms with E-state index in [4.69, 9.17) is 5.73 Å². The summed E-state index contributed by atoms with van der Waals surface area (Å²) in [5.41, 5.74) is 8.10. The Labute approximate surface area is 198 Å². The van der Waals surface area contributed by atoms with Crippen LogP contribution in [0, 0.1) is 12.8 Å². The number of halogens is 3. The zero-order valence-electron chi connectivity index (χ0n) is 20.1. The SMILES string of the molecule is Cc1ccc(N)c(C=O)c1CN1CCC(C(=O)NC(C)(C)C)CC1.FC(F)(F)c1ccccn1. The lowest BCUT2D eigenvalue weighted by Crippen LogP contribution is -2.46. The number of aldehydes is 1. The van der Waals surface area contributed by atoms with Crippen LogP contribution in [-0.2, 0) is 17.5 Å². The number of nitrogen functional groups attached to an aromatic ring is 1. The van der Waals surface area contributed by atoms with Gasteiger partial charge in [0.05, 0.1) is 0 Å². The normalized spacial score (nSPS) is 15.3. The number of benzene rings is 1. The minimum atomic E-state index is -4.32. The molecule has 0 radical (unpaired) electrons. The maximum atomic E-state index is 12.3. The summed E-state index contributed by atoms with van der Waals surface area (Å²) in [5, 5.41) is 3.07. The van der Waals surface area contributed by atoms with Gasteiger partial charge in [0.15, 0.2) is 6.29 Å². The lowest BCUT2D eigenvalue weighted by atomic mass is 9.93. The first kappa shape index (κ1) is 27.3. The Kier molecular flexibility index (Phi) is 9.21. The third-order valence-electron chi connectivity index (χ3n) is 5.54. The predicted octanol–water partition coefficient (Wildman–Crippen LogP) is 4.62. The molecule has 6 nitrogen and oxygen atoms in total. The van der Waals surface area contributed by atoms with Gasteiger partial charge in [-0.3, -0.25) is 19.5 Å².